The van der Waals surface area contributed by atoms with Crippen molar-refractivity contribution in [3.63, 3.8) is 0 Å². The maximum absolute atomic E-state index is 5.60. The fraction of sp³-hybridized carbons (Fsp3) is 0.143. The van der Waals surface area contributed by atoms with Crippen molar-refractivity contribution in [2.75, 3.05) is 0 Å². The molecule has 1 heterocycles. The van der Waals surface area contributed by atoms with Crippen LogP contribution < -0.4 is 4.57 Å². The van der Waals surface area contributed by atoms with Crippen molar-refractivity contribution in [1.82, 2.24) is 4.98 Å². The summed E-state index contributed by atoms with van der Waals surface area (Å²) in [6.07, 6.45) is 6.17. The molecule has 0 aliphatic rings. The van der Waals surface area contributed by atoms with Crippen molar-refractivity contribution in [2.24, 2.45) is 7.05 Å². The third-order valence-electron chi connectivity index (χ3n) is 2.59. The maximum Gasteiger partial charge on any atom is 0.202 e. The van der Waals surface area contributed by atoms with Crippen LogP contribution in [-0.4, -0.2) is 4.98 Å². The average Bonchev–Trinajstić information content (AvgIpc) is 2.30. The van der Waals surface area contributed by atoms with E-state index in [-0.39, 0.29) is 32.7 Å². The van der Waals surface area contributed by atoms with E-state index in [0.717, 1.165) is 16.8 Å². The molecule has 0 fully saturated rings. The van der Waals surface area contributed by atoms with Crippen molar-refractivity contribution in [2.45, 2.75) is 6.92 Å². The van der Waals surface area contributed by atoms with Gasteiger partial charge >= 0.3 is 0 Å². The van der Waals surface area contributed by atoms with Crippen molar-refractivity contribution in [3.8, 4) is 11.3 Å². The van der Waals surface area contributed by atoms with Crippen LogP contribution in [0.4, 0.5) is 0 Å². The van der Waals surface area contributed by atoms with Gasteiger partial charge in [-0.25, -0.2) is 5.56 Å². The zero-order chi connectivity index (χ0) is 11.5. The second-order valence-electron chi connectivity index (χ2n) is 3.71. The van der Waals surface area contributed by atoms with Crippen LogP contribution in [0.3, 0.4) is 0 Å². The summed E-state index contributed by atoms with van der Waals surface area (Å²) < 4.78 is 1.96. The molecular formula is C14H13N2Y-. The quantitative estimate of drug-likeness (QED) is 0.613. The molecule has 1 aromatic heterocycles. The molecule has 0 aliphatic carbocycles. The molecule has 83 valence electrons. The van der Waals surface area contributed by atoms with Crippen molar-refractivity contribution in [1.29, 1.82) is 0 Å². The van der Waals surface area contributed by atoms with Crippen LogP contribution in [0.15, 0.2) is 30.6 Å². The second kappa shape index (κ2) is 6.18. The average molecular weight is 298 g/mol. The van der Waals surface area contributed by atoms with Gasteiger partial charge in [-0.15, -0.1) is 0 Å². The van der Waals surface area contributed by atoms with Gasteiger partial charge in [0.15, 0.2) is 0 Å². The third-order valence-corrected chi connectivity index (χ3v) is 2.59. The van der Waals surface area contributed by atoms with E-state index in [4.69, 9.17) is 6.58 Å². The number of hydrogen-bond donors (Lipinski definition) is 0. The topological polar surface area (TPSA) is 16.8 Å². The van der Waals surface area contributed by atoms with Gasteiger partial charge in [0.05, 0.1) is 7.05 Å². The third kappa shape index (κ3) is 2.88. The Morgan fingerprint density at radius 1 is 1.35 bits per heavy atom. The van der Waals surface area contributed by atoms with Gasteiger partial charge in [0.2, 0.25) is 6.33 Å². The molecule has 0 N–H and O–H groups in total. The number of aryl methyl sites for hydroxylation is 2. The Balaban J connectivity index is 0.00000144. The molecule has 2 rings (SSSR count). The Bertz CT molecular complexity index is 535. The van der Waals surface area contributed by atoms with Crippen LogP contribution in [-0.2, 0) is 39.8 Å². The normalized spacial score (nSPS) is 9.53. The summed E-state index contributed by atoms with van der Waals surface area (Å²) in [6, 6.07) is 8.19. The van der Waals surface area contributed by atoms with Crippen LogP contribution in [0, 0.1) is 19.7 Å². The second-order valence-corrected chi connectivity index (χ2v) is 3.71. The van der Waals surface area contributed by atoms with Crippen LogP contribution in [0.1, 0.15) is 11.1 Å². The summed E-state index contributed by atoms with van der Waals surface area (Å²) in [5.41, 5.74) is 4.22. The van der Waals surface area contributed by atoms with E-state index >= 15 is 0 Å². The zero-order valence-electron chi connectivity index (χ0n) is 10.0. The Hall–Kier alpha value is -0.856. The molecule has 0 spiro atoms. The molecule has 17 heavy (non-hydrogen) atoms. The molecule has 3 heteroatoms. The van der Waals surface area contributed by atoms with E-state index in [1.54, 1.807) is 6.33 Å². The SMILES string of the molecule is [CH-]=Cc1[c-]nc[n+](C)c1-c1ccccc1C.[Y]. The van der Waals surface area contributed by atoms with E-state index in [1.807, 2.05) is 23.7 Å². The van der Waals surface area contributed by atoms with Crippen LogP contribution >= 0.6 is 0 Å². The van der Waals surface area contributed by atoms with Gasteiger partial charge in [-0.2, -0.15) is 4.98 Å². The Morgan fingerprint density at radius 2 is 2.06 bits per heavy atom. The molecule has 0 amide bonds. The molecule has 1 aromatic carbocycles. The minimum absolute atomic E-state index is 0. The summed E-state index contributed by atoms with van der Waals surface area (Å²) >= 11 is 0. The Morgan fingerprint density at radius 3 is 2.71 bits per heavy atom. The Labute approximate surface area is 127 Å². The number of aromatic nitrogens is 2. The predicted molar refractivity (Wildman–Crippen MR) is 63.2 cm³/mol. The summed E-state index contributed by atoms with van der Waals surface area (Å²) in [4.78, 5) is 4.00. The smallest absolute Gasteiger partial charge is 0.202 e. The van der Waals surface area contributed by atoms with Gasteiger partial charge in [-0.3, -0.25) is 0 Å². The van der Waals surface area contributed by atoms with Crippen molar-refractivity contribution < 1.29 is 37.3 Å². The first-order valence-corrected chi connectivity index (χ1v) is 5.11. The first-order chi connectivity index (χ1) is 7.74. The van der Waals surface area contributed by atoms with Gasteiger partial charge in [0.1, 0.15) is 0 Å². The maximum atomic E-state index is 5.60. The van der Waals surface area contributed by atoms with Crippen molar-refractivity contribution in [3.05, 3.63) is 54.5 Å². The first kappa shape index (κ1) is 14.2. The molecule has 2 aromatic rings. The molecular weight excluding hydrogens is 285 g/mol. The number of rotatable bonds is 2. The van der Waals surface area contributed by atoms with Crippen LogP contribution in [0.2, 0.25) is 0 Å². The number of benzene rings is 1. The largest absolute Gasteiger partial charge is 0.344 e. The van der Waals surface area contributed by atoms with Crippen LogP contribution in [0.5, 0.6) is 0 Å². The van der Waals surface area contributed by atoms with E-state index in [2.05, 4.69) is 30.2 Å². The Kier molecular flexibility index (Phi) is 5.16. The van der Waals surface area contributed by atoms with Crippen molar-refractivity contribution >= 4 is 6.08 Å². The van der Waals surface area contributed by atoms with Gasteiger partial charge in [0, 0.05) is 38.9 Å². The summed E-state index contributed by atoms with van der Waals surface area (Å²) in [5.74, 6) is 0. The van der Waals surface area contributed by atoms with E-state index < -0.39 is 0 Å². The van der Waals surface area contributed by atoms with Gasteiger partial charge in [-0.1, -0.05) is 29.8 Å². The summed E-state index contributed by atoms with van der Waals surface area (Å²) in [7, 11) is 1.95. The number of nitrogens with zero attached hydrogens (tertiary/aromatic N) is 2. The molecule has 0 atom stereocenters. The fourth-order valence-electron chi connectivity index (χ4n) is 1.78. The molecule has 0 unspecified atom stereocenters. The predicted octanol–water partition coefficient (Wildman–Crippen LogP) is 2.13. The molecule has 0 saturated heterocycles. The zero-order valence-corrected chi connectivity index (χ0v) is 12.9. The van der Waals surface area contributed by atoms with E-state index in [0.29, 0.717) is 0 Å². The molecule has 1 radical (unpaired) electrons. The van der Waals surface area contributed by atoms with Gasteiger partial charge in [-0.05, 0) is 18.2 Å². The van der Waals surface area contributed by atoms with Gasteiger partial charge in [0.25, 0.3) is 0 Å². The molecule has 2 nitrogen and oxygen atoms in total. The summed E-state index contributed by atoms with van der Waals surface area (Å²) in [5, 5.41) is 0. The van der Waals surface area contributed by atoms with Crippen LogP contribution in [0.25, 0.3) is 17.3 Å². The van der Waals surface area contributed by atoms with E-state index in [9.17, 15) is 0 Å². The molecule has 0 saturated carbocycles. The molecule has 0 bridgehead atoms. The first-order valence-electron chi connectivity index (χ1n) is 5.11. The monoisotopic (exact) mass is 298 g/mol. The standard InChI is InChI=1S/C14H13N2.Y/c1-4-12-9-15-10-16(3)14(12)13-8-6-5-7-11(13)2;/h1,4-8,10H,2-3H3;/q-1;. The van der Waals surface area contributed by atoms with E-state index in [1.165, 1.54) is 11.6 Å². The minimum atomic E-state index is 0. The minimum Gasteiger partial charge on any atom is -0.344 e. The van der Waals surface area contributed by atoms with Gasteiger partial charge < -0.3 is 17.2 Å². The fourth-order valence-corrected chi connectivity index (χ4v) is 1.78. The molecule has 0 aliphatic heterocycles. The summed E-state index contributed by atoms with van der Waals surface area (Å²) in [6.45, 7) is 7.68. The number of hydrogen-bond acceptors (Lipinski definition) is 1.